The zero-order valence-corrected chi connectivity index (χ0v) is 25.6. The normalized spacial score (nSPS) is 15.2. The van der Waals surface area contributed by atoms with Crippen molar-refractivity contribution < 1.29 is 4.79 Å². The number of benzene rings is 1. The van der Waals surface area contributed by atoms with Gasteiger partial charge in [0.15, 0.2) is 0 Å². The topological polar surface area (TPSA) is 78.1 Å². The SMILES string of the molecule is CCCCC(CC)CN1C(=O)/C(=C\c2c(C)c(C#N)c(=O)n(CCCC)c2NCc2ccccc2Cl)SC1=S. The third-order valence-corrected chi connectivity index (χ3v) is 8.89. The number of hydrogen-bond acceptors (Lipinski definition) is 6. The molecule has 208 valence electrons. The van der Waals surface area contributed by atoms with Gasteiger partial charge in [0.05, 0.1) is 4.91 Å². The van der Waals surface area contributed by atoms with E-state index in [4.69, 9.17) is 23.8 Å². The van der Waals surface area contributed by atoms with Crippen LogP contribution in [0.1, 0.15) is 81.5 Å². The van der Waals surface area contributed by atoms with Gasteiger partial charge in [-0.3, -0.25) is 19.1 Å². The number of amides is 1. The third-order valence-electron chi connectivity index (χ3n) is 7.15. The molecule has 2 heterocycles. The van der Waals surface area contributed by atoms with Crippen molar-refractivity contribution in [2.24, 2.45) is 5.92 Å². The third kappa shape index (κ3) is 7.33. The summed E-state index contributed by atoms with van der Waals surface area (Å²) in [6, 6.07) is 9.62. The molecule has 6 nitrogen and oxygen atoms in total. The molecular weight excluding hydrogens is 548 g/mol. The van der Waals surface area contributed by atoms with Crippen LogP contribution in [0.3, 0.4) is 0 Å². The zero-order valence-electron chi connectivity index (χ0n) is 23.2. The predicted molar refractivity (Wildman–Crippen MR) is 167 cm³/mol. The Morgan fingerprint density at radius 1 is 1.18 bits per heavy atom. The van der Waals surface area contributed by atoms with Crippen molar-refractivity contribution in [3.63, 3.8) is 0 Å². The number of unbranched alkanes of at least 4 members (excludes halogenated alkanes) is 2. The first kappa shape index (κ1) is 30.9. The lowest BCUT2D eigenvalue weighted by molar-refractivity contribution is -0.122. The van der Waals surface area contributed by atoms with Gasteiger partial charge in [-0.25, -0.2) is 0 Å². The highest BCUT2D eigenvalue weighted by Gasteiger charge is 2.34. The summed E-state index contributed by atoms with van der Waals surface area (Å²) in [6.07, 6.45) is 7.74. The van der Waals surface area contributed by atoms with Gasteiger partial charge in [-0.2, -0.15) is 5.26 Å². The van der Waals surface area contributed by atoms with Crippen molar-refractivity contribution >= 4 is 57.7 Å². The Morgan fingerprint density at radius 3 is 2.54 bits per heavy atom. The van der Waals surface area contributed by atoms with Crippen LogP contribution in [0.25, 0.3) is 6.08 Å². The van der Waals surface area contributed by atoms with Crippen LogP contribution in [0, 0.1) is 24.2 Å². The molecule has 1 aromatic heterocycles. The zero-order chi connectivity index (χ0) is 28.5. The van der Waals surface area contributed by atoms with Crippen LogP contribution >= 0.6 is 35.6 Å². The molecule has 1 amide bonds. The summed E-state index contributed by atoms with van der Waals surface area (Å²) in [5.74, 6) is 0.841. The van der Waals surface area contributed by atoms with E-state index in [9.17, 15) is 14.9 Å². The van der Waals surface area contributed by atoms with Gasteiger partial charge >= 0.3 is 0 Å². The van der Waals surface area contributed by atoms with Crippen LogP contribution in [0.5, 0.6) is 0 Å². The van der Waals surface area contributed by atoms with Crippen LogP contribution in [0.15, 0.2) is 34.0 Å². The van der Waals surface area contributed by atoms with E-state index in [0.29, 0.717) is 56.7 Å². The molecule has 1 saturated heterocycles. The molecule has 1 N–H and O–H groups in total. The molecule has 1 atom stereocenters. The Bertz CT molecular complexity index is 1350. The number of thioether (sulfide) groups is 1. The average molecular weight is 585 g/mol. The molecule has 39 heavy (non-hydrogen) atoms. The van der Waals surface area contributed by atoms with Gasteiger partial charge in [0, 0.05) is 30.2 Å². The van der Waals surface area contributed by atoms with Crippen molar-refractivity contribution in [3.8, 4) is 6.07 Å². The Labute approximate surface area is 246 Å². The first-order valence-corrected chi connectivity index (χ1v) is 15.3. The number of nitriles is 1. The molecule has 0 spiro atoms. The lowest BCUT2D eigenvalue weighted by Crippen LogP contribution is -2.33. The average Bonchev–Trinajstić information content (AvgIpc) is 3.19. The molecule has 3 rings (SSSR count). The number of nitrogens with one attached hydrogen (secondary N) is 1. The summed E-state index contributed by atoms with van der Waals surface area (Å²) in [7, 11) is 0. The van der Waals surface area contributed by atoms with Crippen molar-refractivity contribution in [1.82, 2.24) is 9.47 Å². The number of nitrogens with zero attached hydrogens (tertiary/aromatic N) is 3. The van der Waals surface area contributed by atoms with E-state index < -0.39 is 0 Å². The monoisotopic (exact) mass is 584 g/mol. The van der Waals surface area contributed by atoms with Gasteiger partial charge < -0.3 is 5.32 Å². The number of thiocarbonyl (C=S) groups is 1. The van der Waals surface area contributed by atoms with Crippen molar-refractivity contribution in [2.45, 2.75) is 79.3 Å². The maximum Gasteiger partial charge on any atom is 0.270 e. The molecule has 9 heteroatoms. The van der Waals surface area contributed by atoms with Gasteiger partial charge in [0.25, 0.3) is 11.5 Å². The van der Waals surface area contributed by atoms with Crippen molar-refractivity contribution in [2.75, 3.05) is 11.9 Å². The van der Waals surface area contributed by atoms with E-state index in [1.807, 2.05) is 24.3 Å². The molecule has 0 radical (unpaired) electrons. The van der Waals surface area contributed by atoms with Crippen molar-refractivity contribution in [3.05, 3.63) is 66.8 Å². The minimum Gasteiger partial charge on any atom is -0.367 e. The minimum atomic E-state index is -0.337. The number of anilines is 1. The number of aromatic nitrogens is 1. The number of pyridine rings is 1. The van der Waals surface area contributed by atoms with Crippen LogP contribution in [-0.4, -0.2) is 26.2 Å². The van der Waals surface area contributed by atoms with Gasteiger partial charge in [-0.05, 0) is 49.0 Å². The lowest BCUT2D eigenvalue weighted by Gasteiger charge is -2.22. The fraction of sp³-hybridized carbons (Fsp3) is 0.467. The smallest absolute Gasteiger partial charge is 0.270 e. The molecule has 1 aliphatic heterocycles. The predicted octanol–water partition coefficient (Wildman–Crippen LogP) is 7.51. The second-order valence-electron chi connectivity index (χ2n) is 9.84. The van der Waals surface area contributed by atoms with Crippen LogP contribution in [-0.2, 0) is 17.9 Å². The van der Waals surface area contributed by atoms with Crippen LogP contribution in [0.4, 0.5) is 5.82 Å². The first-order chi connectivity index (χ1) is 18.8. The first-order valence-electron chi connectivity index (χ1n) is 13.7. The van der Waals surface area contributed by atoms with Crippen LogP contribution < -0.4 is 10.9 Å². The van der Waals surface area contributed by atoms with E-state index in [1.54, 1.807) is 22.5 Å². The summed E-state index contributed by atoms with van der Waals surface area (Å²) in [4.78, 5) is 29.1. The standard InChI is InChI=1S/C30H37ClN4O2S2/c1-5-8-12-21(7-3)19-35-29(37)26(39-30(35)38)16-23-20(4)24(17-32)28(36)34(15-9-6-2)27(23)33-18-22-13-10-11-14-25(22)31/h10-11,13-14,16,21,33H,5-9,12,15,18-19H2,1-4H3/b26-16+. The molecule has 1 unspecified atom stereocenters. The highest BCUT2D eigenvalue weighted by molar-refractivity contribution is 8.26. The largest absolute Gasteiger partial charge is 0.367 e. The van der Waals surface area contributed by atoms with Gasteiger partial charge in [-0.1, -0.05) is 100 Å². The number of carbonyl (C=O) groups excluding carboxylic acids is 1. The maximum absolute atomic E-state index is 13.5. The highest BCUT2D eigenvalue weighted by Crippen LogP contribution is 2.36. The Kier molecular flexibility index (Phi) is 11.7. The lowest BCUT2D eigenvalue weighted by atomic mass is 9.99. The second kappa shape index (κ2) is 14.7. The van der Waals surface area contributed by atoms with E-state index >= 15 is 0 Å². The van der Waals surface area contributed by atoms with E-state index in [0.717, 1.165) is 44.1 Å². The molecule has 0 aliphatic carbocycles. The second-order valence-corrected chi connectivity index (χ2v) is 11.9. The molecule has 2 aromatic rings. The Morgan fingerprint density at radius 2 is 1.90 bits per heavy atom. The minimum absolute atomic E-state index is 0.0849. The molecule has 0 bridgehead atoms. The van der Waals surface area contributed by atoms with E-state index in [-0.39, 0.29) is 17.0 Å². The number of hydrogen-bond donors (Lipinski definition) is 1. The van der Waals surface area contributed by atoms with Crippen LogP contribution in [0.2, 0.25) is 5.02 Å². The molecule has 1 aromatic carbocycles. The number of rotatable bonds is 13. The van der Waals surface area contributed by atoms with Gasteiger partial charge in [-0.15, -0.1) is 0 Å². The quantitative estimate of drug-likeness (QED) is 0.194. The maximum atomic E-state index is 13.5. The summed E-state index contributed by atoms with van der Waals surface area (Å²) in [5, 5.41) is 13.9. The number of halogens is 1. The number of carbonyl (C=O) groups is 1. The molecule has 0 saturated carbocycles. The molecule has 1 aliphatic rings. The summed E-state index contributed by atoms with van der Waals surface area (Å²) >= 11 is 13.3. The summed E-state index contributed by atoms with van der Waals surface area (Å²) in [5.41, 5.74) is 1.81. The summed E-state index contributed by atoms with van der Waals surface area (Å²) < 4.78 is 2.17. The highest BCUT2D eigenvalue weighted by atomic mass is 35.5. The van der Waals surface area contributed by atoms with E-state index in [1.165, 1.54) is 11.8 Å². The Hall–Kier alpha value is -2.60. The fourth-order valence-corrected chi connectivity index (χ4v) is 6.13. The molecular formula is C30H37ClN4O2S2. The van der Waals surface area contributed by atoms with Crippen molar-refractivity contribution in [1.29, 1.82) is 5.26 Å². The van der Waals surface area contributed by atoms with Gasteiger partial charge in [0.1, 0.15) is 21.8 Å². The summed E-state index contributed by atoms with van der Waals surface area (Å²) in [6.45, 7) is 9.57. The Balaban J connectivity index is 2.08. The molecule has 1 fully saturated rings. The fourth-order valence-electron chi connectivity index (χ4n) is 4.67. The van der Waals surface area contributed by atoms with E-state index in [2.05, 4.69) is 32.2 Å². The van der Waals surface area contributed by atoms with Gasteiger partial charge in [0.2, 0.25) is 0 Å².